The highest BCUT2D eigenvalue weighted by molar-refractivity contribution is 9.10. The molecule has 1 aromatic rings. The van der Waals surface area contributed by atoms with E-state index in [4.69, 9.17) is 14.3 Å². The van der Waals surface area contributed by atoms with E-state index in [-0.39, 0.29) is 27.3 Å². The van der Waals surface area contributed by atoms with Crippen LogP contribution in [0.5, 0.6) is 0 Å². The molecule has 0 radical (unpaired) electrons. The summed E-state index contributed by atoms with van der Waals surface area (Å²) in [4.78, 5) is 13.7. The van der Waals surface area contributed by atoms with Crippen LogP contribution in [0.25, 0.3) is 0 Å². The summed E-state index contributed by atoms with van der Waals surface area (Å²) in [6.07, 6.45) is 1.74. The number of piperidine rings is 1. The van der Waals surface area contributed by atoms with Crippen LogP contribution >= 0.6 is 15.9 Å². The van der Waals surface area contributed by atoms with E-state index in [1.807, 2.05) is 6.92 Å². The molecule has 1 fully saturated rings. The third kappa shape index (κ3) is 3.85. The summed E-state index contributed by atoms with van der Waals surface area (Å²) in [5.41, 5.74) is 0. The molecule has 1 unspecified atom stereocenters. The van der Waals surface area contributed by atoms with Gasteiger partial charge in [0.1, 0.15) is 4.90 Å². The molecule has 1 atom stereocenters. The van der Waals surface area contributed by atoms with E-state index in [0.29, 0.717) is 19.7 Å². The van der Waals surface area contributed by atoms with Gasteiger partial charge in [-0.05, 0) is 35.7 Å². The van der Waals surface area contributed by atoms with E-state index in [0.717, 1.165) is 18.9 Å². The number of hydrogen-bond donors (Lipinski definition) is 1. The molecule has 0 aromatic carbocycles. The van der Waals surface area contributed by atoms with Crippen molar-refractivity contribution in [2.75, 3.05) is 19.7 Å². The average Bonchev–Trinajstić information content (AvgIpc) is 2.81. The predicted molar refractivity (Wildman–Crippen MR) is 78.3 cm³/mol. The van der Waals surface area contributed by atoms with Crippen LogP contribution in [0.4, 0.5) is 0 Å². The number of carbonyl (C=O) groups is 1. The number of carbonyl (C=O) groups excluding carboxylic acids is 1. The van der Waals surface area contributed by atoms with E-state index in [1.165, 1.54) is 0 Å². The zero-order valence-corrected chi connectivity index (χ0v) is 13.9. The molecule has 7 nitrogen and oxygen atoms in total. The Bertz CT molecular complexity index is 626. The van der Waals surface area contributed by atoms with Crippen molar-refractivity contribution >= 4 is 31.9 Å². The van der Waals surface area contributed by atoms with Crippen molar-refractivity contribution in [3.8, 4) is 0 Å². The number of halogens is 1. The lowest BCUT2D eigenvalue weighted by atomic mass is 10.1. The first-order chi connectivity index (χ1) is 9.82. The molecule has 0 aliphatic carbocycles. The molecule has 21 heavy (non-hydrogen) atoms. The number of amides is 1. The monoisotopic (exact) mass is 380 g/mol. The van der Waals surface area contributed by atoms with Crippen molar-refractivity contribution in [3.63, 3.8) is 0 Å². The van der Waals surface area contributed by atoms with Crippen molar-refractivity contribution in [1.29, 1.82) is 0 Å². The van der Waals surface area contributed by atoms with E-state index >= 15 is 0 Å². The van der Waals surface area contributed by atoms with Gasteiger partial charge in [-0.15, -0.1) is 0 Å². The number of nitrogens with two attached hydrogens (primary N) is 1. The van der Waals surface area contributed by atoms with Gasteiger partial charge in [0.2, 0.25) is 10.0 Å². The smallest absolute Gasteiger partial charge is 0.289 e. The summed E-state index contributed by atoms with van der Waals surface area (Å²) in [5, 5.41) is 5.05. The van der Waals surface area contributed by atoms with Crippen LogP contribution in [0.1, 0.15) is 30.3 Å². The van der Waals surface area contributed by atoms with Gasteiger partial charge in [-0.25, -0.2) is 13.6 Å². The molecule has 0 bridgehead atoms. The van der Waals surface area contributed by atoms with Crippen LogP contribution in [-0.2, 0) is 14.8 Å². The fourth-order valence-corrected chi connectivity index (χ4v) is 3.80. The van der Waals surface area contributed by atoms with Gasteiger partial charge < -0.3 is 14.1 Å². The molecule has 118 valence electrons. The number of nitrogens with zero attached hydrogens (tertiary/aromatic N) is 1. The number of furan rings is 1. The quantitative estimate of drug-likeness (QED) is 0.848. The van der Waals surface area contributed by atoms with Gasteiger partial charge in [-0.1, -0.05) is 0 Å². The predicted octanol–water partition coefficient (Wildman–Crippen LogP) is 1.33. The molecule has 1 amide bonds. The van der Waals surface area contributed by atoms with Crippen LogP contribution in [-0.4, -0.2) is 45.0 Å². The Hall–Kier alpha value is -0.900. The van der Waals surface area contributed by atoms with E-state index in [9.17, 15) is 13.2 Å². The highest BCUT2D eigenvalue weighted by Crippen LogP contribution is 2.26. The number of ether oxygens (including phenoxy) is 1. The summed E-state index contributed by atoms with van der Waals surface area (Å²) in [6.45, 7) is 3.55. The van der Waals surface area contributed by atoms with E-state index in [2.05, 4.69) is 15.9 Å². The molecule has 2 rings (SSSR count). The second-order valence-electron chi connectivity index (χ2n) is 4.76. The van der Waals surface area contributed by atoms with Crippen LogP contribution in [0.3, 0.4) is 0 Å². The molecular formula is C12H17BrN2O5S. The van der Waals surface area contributed by atoms with Crippen molar-refractivity contribution in [1.82, 2.24) is 4.90 Å². The highest BCUT2D eigenvalue weighted by atomic mass is 79.9. The number of likely N-dealkylation sites (tertiary alicyclic amines) is 1. The van der Waals surface area contributed by atoms with Gasteiger partial charge in [0.25, 0.3) is 5.91 Å². The lowest BCUT2D eigenvalue weighted by Crippen LogP contribution is -2.43. The third-order valence-corrected chi connectivity index (χ3v) is 5.01. The lowest BCUT2D eigenvalue weighted by molar-refractivity contribution is 0.00613. The Labute approximate surface area is 131 Å². The van der Waals surface area contributed by atoms with Crippen molar-refractivity contribution in [3.05, 3.63) is 16.5 Å². The van der Waals surface area contributed by atoms with Gasteiger partial charge >= 0.3 is 0 Å². The maximum Gasteiger partial charge on any atom is 0.289 e. The Kier molecular flexibility index (Phi) is 5.07. The maximum atomic E-state index is 12.4. The molecule has 9 heteroatoms. The van der Waals surface area contributed by atoms with Gasteiger partial charge in [0, 0.05) is 25.8 Å². The minimum absolute atomic E-state index is 0.00353. The number of rotatable bonds is 4. The van der Waals surface area contributed by atoms with Crippen molar-refractivity contribution in [2.24, 2.45) is 5.14 Å². The minimum Gasteiger partial charge on any atom is -0.443 e. The number of primary sulfonamides is 1. The zero-order valence-electron chi connectivity index (χ0n) is 11.5. The highest BCUT2D eigenvalue weighted by Gasteiger charge is 2.29. The first-order valence-electron chi connectivity index (χ1n) is 6.56. The fourth-order valence-electron chi connectivity index (χ4n) is 2.30. The number of sulfonamides is 1. The SMILES string of the molecule is CCOC1CCCN(C(=O)c2cc(S(N)(=O)=O)c(Br)o2)C1. The molecule has 0 spiro atoms. The lowest BCUT2D eigenvalue weighted by Gasteiger charge is -2.31. The molecule has 1 aliphatic rings. The van der Waals surface area contributed by atoms with Crippen molar-refractivity contribution < 1.29 is 22.4 Å². The Morgan fingerprint density at radius 3 is 2.90 bits per heavy atom. The molecule has 0 saturated carbocycles. The second-order valence-corrected chi connectivity index (χ2v) is 7.01. The molecular weight excluding hydrogens is 364 g/mol. The van der Waals surface area contributed by atoms with Crippen LogP contribution in [0.2, 0.25) is 0 Å². The van der Waals surface area contributed by atoms with Gasteiger partial charge in [0.05, 0.1) is 6.10 Å². The second kappa shape index (κ2) is 6.47. The van der Waals surface area contributed by atoms with E-state index in [1.54, 1.807) is 4.90 Å². The van der Waals surface area contributed by atoms with E-state index < -0.39 is 10.0 Å². The fraction of sp³-hybridized carbons (Fsp3) is 0.583. The molecule has 2 heterocycles. The largest absolute Gasteiger partial charge is 0.443 e. The summed E-state index contributed by atoms with van der Waals surface area (Å²) < 4.78 is 33.3. The Balaban J connectivity index is 2.17. The summed E-state index contributed by atoms with van der Waals surface area (Å²) >= 11 is 2.96. The Morgan fingerprint density at radius 2 is 2.33 bits per heavy atom. The van der Waals surface area contributed by atoms with Gasteiger partial charge in [-0.3, -0.25) is 4.79 Å². The van der Waals surface area contributed by atoms with Gasteiger partial charge in [0.15, 0.2) is 10.4 Å². The normalized spacial score (nSPS) is 19.8. The maximum absolute atomic E-state index is 12.4. The first-order valence-corrected chi connectivity index (χ1v) is 8.90. The van der Waals surface area contributed by atoms with Gasteiger partial charge in [-0.2, -0.15) is 0 Å². The topological polar surface area (TPSA) is 103 Å². The molecule has 1 saturated heterocycles. The van der Waals surface area contributed by atoms with Crippen LogP contribution in [0.15, 0.2) is 20.0 Å². The molecule has 2 N–H and O–H groups in total. The average molecular weight is 381 g/mol. The molecule has 1 aliphatic heterocycles. The zero-order chi connectivity index (χ0) is 15.6. The first kappa shape index (κ1) is 16.5. The summed E-state index contributed by atoms with van der Waals surface area (Å²) in [6, 6.07) is 1.14. The molecule has 1 aromatic heterocycles. The van der Waals surface area contributed by atoms with Crippen molar-refractivity contribution in [2.45, 2.75) is 30.8 Å². The number of hydrogen-bond acceptors (Lipinski definition) is 5. The van der Waals surface area contributed by atoms with Crippen LogP contribution in [0, 0.1) is 0 Å². The third-order valence-electron chi connectivity index (χ3n) is 3.24. The standard InChI is InChI=1S/C12H17BrN2O5S/c1-2-19-8-4-3-5-15(7-8)12(16)9-6-10(11(13)20-9)21(14,17)18/h6,8H,2-5,7H2,1H3,(H2,14,17,18). The van der Waals surface area contributed by atoms with Crippen LogP contribution < -0.4 is 5.14 Å². The Morgan fingerprint density at radius 1 is 1.62 bits per heavy atom. The summed E-state index contributed by atoms with van der Waals surface area (Å²) in [5.74, 6) is -0.418. The minimum atomic E-state index is -3.93. The summed E-state index contributed by atoms with van der Waals surface area (Å²) in [7, 11) is -3.93.